The van der Waals surface area contributed by atoms with E-state index in [0.29, 0.717) is 12.2 Å². The van der Waals surface area contributed by atoms with E-state index in [9.17, 15) is 9.59 Å². The average Bonchev–Trinajstić information content (AvgIpc) is 2.90. The fourth-order valence-electron chi connectivity index (χ4n) is 1.65. The van der Waals surface area contributed by atoms with Crippen molar-refractivity contribution in [3.8, 4) is 0 Å². The van der Waals surface area contributed by atoms with Crippen LogP contribution in [0.15, 0.2) is 35.7 Å². The molecule has 0 radical (unpaired) electrons. The van der Waals surface area contributed by atoms with Crippen LogP contribution in [0.25, 0.3) is 6.08 Å². The highest BCUT2D eigenvalue weighted by atomic mass is 32.1. The van der Waals surface area contributed by atoms with Gasteiger partial charge in [0.25, 0.3) is 5.91 Å². The number of carboxylic acids is 1. The molecule has 2 N–H and O–H groups in total. The van der Waals surface area contributed by atoms with Crippen LogP contribution in [0.2, 0.25) is 0 Å². The van der Waals surface area contributed by atoms with E-state index in [2.05, 4.69) is 10.3 Å². The van der Waals surface area contributed by atoms with Gasteiger partial charge in [-0.3, -0.25) is 4.79 Å². The number of benzene rings is 1. The van der Waals surface area contributed by atoms with Crippen LogP contribution in [0.5, 0.6) is 0 Å². The lowest BCUT2D eigenvalue weighted by Gasteiger charge is -2.04. The lowest BCUT2D eigenvalue weighted by Crippen LogP contribution is -2.23. The van der Waals surface area contributed by atoms with E-state index >= 15 is 0 Å². The Morgan fingerprint density at radius 2 is 2.05 bits per heavy atom. The summed E-state index contributed by atoms with van der Waals surface area (Å²) in [5.74, 6) is -1.18. The number of amides is 1. The summed E-state index contributed by atoms with van der Waals surface area (Å²) in [5.41, 5.74) is 2.16. The molecular formula is C15H14N2O3S. The van der Waals surface area contributed by atoms with Gasteiger partial charge in [-0.15, -0.1) is 11.3 Å². The van der Waals surface area contributed by atoms with Crippen molar-refractivity contribution in [1.29, 1.82) is 0 Å². The number of nitrogens with one attached hydrogen (secondary N) is 1. The summed E-state index contributed by atoms with van der Waals surface area (Å²) >= 11 is 1.44. The van der Waals surface area contributed by atoms with Gasteiger partial charge in [-0.05, 0) is 24.1 Å². The normalized spacial score (nSPS) is 10.7. The van der Waals surface area contributed by atoms with Gasteiger partial charge in [-0.2, -0.15) is 0 Å². The molecule has 0 aliphatic rings. The van der Waals surface area contributed by atoms with E-state index in [0.717, 1.165) is 22.2 Å². The van der Waals surface area contributed by atoms with E-state index < -0.39 is 5.97 Å². The molecule has 0 aliphatic heterocycles. The molecule has 0 saturated heterocycles. The summed E-state index contributed by atoms with van der Waals surface area (Å²) in [7, 11) is 0. The van der Waals surface area contributed by atoms with Crippen LogP contribution >= 0.6 is 11.3 Å². The topological polar surface area (TPSA) is 79.3 Å². The second-order valence-electron chi connectivity index (χ2n) is 4.35. The number of aryl methyl sites for hydroxylation is 1. The van der Waals surface area contributed by atoms with Crippen LogP contribution in [-0.2, 0) is 11.3 Å². The maximum absolute atomic E-state index is 11.8. The Labute approximate surface area is 126 Å². The lowest BCUT2D eigenvalue weighted by atomic mass is 10.1. The van der Waals surface area contributed by atoms with Crippen molar-refractivity contribution in [2.45, 2.75) is 13.5 Å². The Morgan fingerprint density at radius 3 is 2.62 bits per heavy atom. The van der Waals surface area contributed by atoms with Gasteiger partial charge in [0.1, 0.15) is 5.69 Å². The van der Waals surface area contributed by atoms with Gasteiger partial charge in [0.15, 0.2) is 0 Å². The van der Waals surface area contributed by atoms with Crippen LogP contribution in [0.3, 0.4) is 0 Å². The summed E-state index contributed by atoms with van der Waals surface area (Å²) in [5, 5.41) is 13.9. The molecule has 2 rings (SSSR count). The van der Waals surface area contributed by atoms with Crippen LogP contribution in [-0.4, -0.2) is 22.0 Å². The summed E-state index contributed by atoms with van der Waals surface area (Å²) in [6, 6.07) is 7.28. The van der Waals surface area contributed by atoms with Crippen LogP contribution in [0, 0.1) is 6.92 Å². The van der Waals surface area contributed by atoms with Crippen molar-refractivity contribution in [2.24, 2.45) is 0 Å². The largest absolute Gasteiger partial charge is 0.478 e. The van der Waals surface area contributed by atoms with Crippen LogP contribution in [0.4, 0.5) is 0 Å². The molecule has 108 valence electrons. The molecule has 21 heavy (non-hydrogen) atoms. The molecule has 0 saturated carbocycles. The second-order valence-corrected chi connectivity index (χ2v) is 5.41. The minimum Gasteiger partial charge on any atom is -0.478 e. The van der Waals surface area contributed by atoms with Gasteiger partial charge in [0, 0.05) is 18.0 Å². The first kappa shape index (κ1) is 14.9. The van der Waals surface area contributed by atoms with Crippen LogP contribution in [0.1, 0.15) is 26.6 Å². The number of rotatable bonds is 5. The molecule has 1 heterocycles. The number of carbonyl (C=O) groups is 2. The molecule has 1 amide bonds. The summed E-state index contributed by atoms with van der Waals surface area (Å²) < 4.78 is 0. The number of aliphatic carboxylic acids is 1. The molecule has 0 unspecified atom stereocenters. The van der Waals surface area contributed by atoms with Crippen molar-refractivity contribution in [2.75, 3.05) is 0 Å². The maximum atomic E-state index is 11.8. The summed E-state index contributed by atoms with van der Waals surface area (Å²) in [6.45, 7) is 2.25. The number of carboxylic acid groups (broad SMARTS) is 1. The fraction of sp³-hybridized carbons (Fsp3) is 0.133. The molecule has 0 spiro atoms. The predicted octanol–water partition coefficient (Wildman–Crippen LogP) is 2.48. The summed E-state index contributed by atoms with van der Waals surface area (Å²) in [6.07, 6.45) is 2.60. The SMILES string of the molecule is Cc1nc(C(=O)NCc2ccc(/C=C/C(=O)O)cc2)cs1. The molecule has 6 heteroatoms. The molecule has 2 aromatic rings. The molecule has 0 aliphatic carbocycles. The van der Waals surface area contributed by atoms with Gasteiger partial charge in [-0.1, -0.05) is 24.3 Å². The third-order valence-corrected chi connectivity index (χ3v) is 3.48. The van der Waals surface area contributed by atoms with E-state index in [-0.39, 0.29) is 5.91 Å². The molecule has 1 aromatic carbocycles. The zero-order chi connectivity index (χ0) is 15.2. The number of aromatic nitrogens is 1. The minimum absolute atomic E-state index is 0.200. The van der Waals surface area contributed by atoms with Crippen molar-refractivity contribution < 1.29 is 14.7 Å². The van der Waals surface area contributed by atoms with E-state index in [4.69, 9.17) is 5.11 Å². The number of nitrogens with zero attached hydrogens (tertiary/aromatic N) is 1. The van der Waals surface area contributed by atoms with Gasteiger partial charge >= 0.3 is 5.97 Å². The first-order chi connectivity index (χ1) is 10.0. The molecule has 1 aromatic heterocycles. The lowest BCUT2D eigenvalue weighted by molar-refractivity contribution is -0.131. The predicted molar refractivity (Wildman–Crippen MR) is 81.1 cm³/mol. The number of thiazole rings is 1. The Balaban J connectivity index is 1.92. The van der Waals surface area contributed by atoms with Gasteiger partial charge in [0.05, 0.1) is 5.01 Å². The molecule has 0 atom stereocenters. The molecular weight excluding hydrogens is 288 g/mol. The maximum Gasteiger partial charge on any atom is 0.328 e. The summed E-state index contributed by atoms with van der Waals surface area (Å²) in [4.78, 5) is 26.4. The van der Waals surface area contributed by atoms with Crippen molar-refractivity contribution in [3.63, 3.8) is 0 Å². The van der Waals surface area contributed by atoms with Crippen molar-refractivity contribution >= 4 is 29.3 Å². The first-order valence-corrected chi connectivity index (χ1v) is 7.13. The monoisotopic (exact) mass is 302 g/mol. The van der Waals surface area contributed by atoms with Crippen LogP contribution < -0.4 is 5.32 Å². The zero-order valence-electron chi connectivity index (χ0n) is 11.4. The standard InChI is InChI=1S/C15H14N2O3S/c1-10-17-13(9-21-10)15(20)16-8-12-4-2-11(3-5-12)6-7-14(18)19/h2-7,9H,8H2,1H3,(H,16,20)(H,18,19)/b7-6+. The highest BCUT2D eigenvalue weighted by Gasteiger charge is 2.08. The third-order valence-electron chi connectivity index (χ3n) is 2.70. The van der Waals surface area contributed by atoms with E-state index in [1.807, 2.05) is 19.1 Å². The Kier molecular flexibility index (Phi) is 4.84. The fourth-order valence-corrected chi connectivity index (χ4v) is 2.25. The molecule has 0 bridgehead atoms. The van der Waals surface area contributed by atoms with Gasteiger partial charge < -0.3 is 10.4 Å². The van der Waals surface area contributed by atoms with Gasteiger partial charge in [-0.25, -0.2) is 9.78 Å². The number of hydrogen-bond donors (Lipinski definition) is 2. The van der Waals surface area contributed by atoms with Crippen molar-refractivity contribution in [3.05, 3.63) is 57.6 Å². The van der Waals surface area contributed by atoms with Gasteiger partial charge in [0.2, 0.25) is 0 Å². The Bertz CT molecular complexity index is 674. The Hall–Kier alpha value is -2.47. The first-order valence-electron chi connectivity index (χ1n) is 6.25. The van der Waals surface area contributed by atoms with E-state index in [1.54, 1.807) is 17.5 Å². The average molecular weight is 302 g/mol. The van der Waals surface area contributed by atoms with E-state index in [1.165, 1.54) is 17.4 Å². The third kappa shape index (κ3) is 4.54. The zero-order valence-corrected chi connectivity index (χ0v) is 12.2. The highest BCUT2D eigenvalue weighted by molar-refractivity contribution is 7.09. The quantitative estimate of drug-likeness (QED) is 0.832. The smallest absolute Gasteiger partial charge is 0.328 e. The Morgan fingerprint density at radius 1 is 1.33 bits per heavy atom. The second kappa shape index (κ2) is 6.81. The number of hydrogen-bond acceptors (Lipinski definition) is 4. The minimum atomic E-state index is -0.982. The highest BCUT2D eigenvalue weighted by Crippen LogP contribution is 2.09. The number of carbonyl (C=O) groups excluding carboxylic acids is 1. The molecule has 0 fully saturated rings. The van der Waals surface area contributed by atoms with Crippen molar-refractivity contribution in [1.82, 2.24) is 10.3 Å². The molecule has 5 nitrogen and oxygen atoms in total.